The monoisotopic (exact) mass is 480 g/mol. The van der Waals surface area contributed by atoms with E-state index in [-0.39, 0.29) is 29.3 Å². The number of hydrogen-bond donors (Lipinski definition) is 2. The van der Waals surface area contributed by atoms with Crippen LogP contribution in [0.3, 0.4) is 0 Å². The molecule has 2 N–H and O–H groups in total. The molecule has 1 aliphatic rings. The van der Waals surface area contributed by atoms with E-state index >= 15 is 0 Å². The zero-order chi connectivity index (χ0) is 24.5. The van der Waals surface area contributed by atoms with Crippen LogP contribution < -0.4 is 15.5 Å². The maximum Gasteiger partial charge on any atom is 0.416 e. The van der Waals surface area contributed by atoms with E-state index in [9.17, 15) is 31.1 Å². The van der Waals surface area contributed by atoms with Gasteiger partial charge in [0.1, 0.15) is 0 Å². The molecule has 2 aromatic carbocycles. The summed E-state index contributed by atoms with van der Waals surface area (Å²) in [5.41, 5.74) is -0.891. The second kappa shape index (κ2) is 8.88. The summed E-state index contributed by atoms with van der Waals surface area (Å²) in [6, 6.07) is 11.3. The van der Waals surface area contributed by atoms with E-state index in [0.29, 0.717) is 18.7 Å². The number of pyridine rings is 1. The smallest absolute Gasteiger partial charge is 0.382 e. The largest absolute Gasteiger partial charge is 0.416 e. The summed E-state index contributed by atoms with van der Waals surface area (Å²) >= 11 is 0. The molecule has 4 rings (SSSR count). The lowest BCUT2D eigenvalue weighted by atomic mass is 10.1. The van der Waals surface area contributed by atoms with Crippen LogP contribution in [0.1, 0.15) is 17.5 Å². The number of hydrogen-bond acceptors (Lipinski definition) is 3. The molecule has 34 heavy (non-hydrogen) atoms. The molecule has 0 fully saturated rings. The molecule has 0 saturated heterocycles. The van der Waals surface area contributed by atoms with Crippen LogP contribution in [0.2, 0.25) is 0 Å². The van der Waals surface area contributed by atoms with Gasteiger partial charge in [0.2, 0.25) is 0 Å². The third-order valence-corrected chi connectivity index (χ3v) is 5.18. The molecule has 0 bridgehead atoms. The van der Waals surface area contributed by atoms with E-state index in [1.165, 1.54) is 35.2 Å². The fraction of sp³-hybridized carbons (Fsp3) is 0.217. The summed E-state index contributed by atoms with van der Waals surface area (Å²) in [4.78, 5) is 18.7. The number of benzene rings is 2. The molecule has 178 valence electrons. The van der Waals surface area contributed by atoms with Gasteiger partial charge < -0.3 is 10.6 Å². The lowest BCUT2D eigenvalue weighted by Gasteiger charge is -2.22. The summed E-state index contributed by atoms with van der Waals surface area (Å²) in [7, 11) is 0. The van der Waals surface area contributed by atoms with Gasteiger partial charge in [-0.25, -0.2) is 9.78 Å². The average molecular weight is 480 g/mol. The second-order valence-electron chi connectivity index (χ2n) is 7.59. The first kappa shape index (κ1) is 23.4. The molecule has 0 saturated carbocycles. The number of urea groups is 1. The van der Waals surface area contributed by atoms with Gasteiger partial charge in [0.05, 0.1) is 22.5 Å². The molecule has 0 aliphatic carbocycles. The van der Waals surface area contributed by atoms with Crippen molar-refractivity contribution in [2.45, 2.75) is 18.8 Å². The van der Waals surface area contributed by atoms with Crippen LogP contribution in [-0.2, 0) is 12.4 Å². The number of alkyl halides is 6. The molecule has 11 heteroatoms. The first-order valence-corrected chi connectivity index (χ1v) is 10.2. The zero-order valence-corrected chi connectivity index (χ0v) is 17.5. The summed E-state index contributed by atoms with van der Waals surface area (Å²) < 4.78 is 78.4. The van der Waals surface area contributed by atoms with E-state index in [2.05, 4.69) is 15.6 Å². The molecule has 1 aliphatic heterocycles. The third kappa shape index (κ3) is 5.08. The van der Waals surface area contributed by atoms with Crippen LogP contribution in [0.5, 0.6) is 0 Å². The standard InChI is InChI=1S/C23H18F6N4O/c24-22(25,26)15-5-1-4-14(12-15)18-8-9-19-20(32-18)33(11-3-10-30-19)21(34)31-17-7-2-6-16(13-17)23(27,28)29/h1-2,4-9,12-13,30H,3,10-11H2,(H,31,34). The highest BCUT2D eigenvalue weighted by Gasteiger charge is 2.32. The summed E-state index contributed by atoms with van der Waals surface area (Å²) in [6.07, 6.45) is -8.58. The van der Waals surface area contributed by atoms with E-state index in [1.54, 1.807) is 6.07 Å². The number of nitrogens with zero attached hydrogens (tertiary/aromatic N) is 2. The predicted octanol–water partition coefficient (Wildman–Crippen LogP) is 6.64. The quantitative estimate of drug-likeness (QED) is 0.405. The first-order chi connectivity index (χ1) is 16.0. The Morgan fingerprint density at radius 3 is 2.29 bits per heavy atom. The van der Waals surface area contributed by atoms with Crippen molar-refractivity contribution in [2.75, 3.05) is 28.6 Å². The summed E-state index contributed by atoms with van der Waals surface area (Å²) in [5.74, 6) is 0.164. The minimum atomic E-state index is -4.57. The van der Waals surface area contributed by atoms with Crippen molar-refractivity contribution in [1.29, 1.82) is 0 Å². The number of amides is 2. The lowest BCUT2D eigenvalue weighted by molar-refractivity contribution is -0.138. The van der Waals surface area contributed by atoms with Crippen LogP contribution in [-0.4, -0.2) is 24.1 Å². The summed E-state index contributed by atoms with van der Waals surface area (Å²) in [6.45, 7) is 0.703. The Kier molecular flexibility index (Phi) is 6.11. The molecule has 0 atom stereocenters. The molecule has 0 unspecified atom stereocenters. The highest BCUT2D eigenvalue weighted by Crippen LogP contribution is 2.35. The molecule has 2 amide bonds. The lowest BCUT2D eigenvalue weighted by Crippen LogP contribution is -2.36. The molecular weight excluding hydrogens is 462 g/mol. The van der Waals surface area contributed by atoms with Gasteiger partial charge in [0, 0.05) is 24.3 Å². The molecule has 1 aromatic heterocycles. The van der Waals surface area contributed by atoms with Crippen molar-refractivity contribution in [3.05, 3.63) is 71.8 Å². The van der Waals surface area contributed by atoms with Crippen molar-refractivity contribution < 1.29 is 31.1 Å². The minimum Gasteiger partial charge on any atom is -0.382 e. The Hall–Kier alpha value is -3.76. The Balaban J connectivity index is 1.66. The van der Waals surface area contributed by atoms with Crippen molar-refractivity contribution in [3.8, 4) is 11.3 Å². The highest BCUT2D eigenvalue weighted by molar-refractivity contribution is 6.03. The molecular formula is C23H18F6N4O. The second-order valence-corrected chi connectivity index (χ2v) is 7.59. The molecule has 0 spiro atoms. The van der Waals surface area contributed by atoms with Gasteiger partial charge in [-0.05, 0) is 48.9 Å². The molecule has 0 radical (unpaired) electrons. The van der Waals surface area contributed by atoms with Crippen molar-refractivity contribution in [3.63, 3.8) is 0 Å². The zero-order valence-electron chi connectivity index (χ0n) is 17.5. The number of nitrogens with one attached hydrogen (secondary N) is 2. The fourth-order valence-electron chi connectivity index (χ4n) is 3.54. The Morgan fingerprint density at radius 1 is 0.912 bits per heavy atom. The van der Waals surface area contributed by atoms with E-state index in [0.717, 1.165) is 24.3 Å². The molecule has 5 nitrogen and oxygen atoms in total. The predicted molar refractivity (Wildman–Crippen MR) is 116 cm³/mol. The number of aromatic nitrogens is 1. The summed E-state index contributed by atoms with van der Waals surface area (Å²) in [5, 5.41) is 5.56. The van der Waals surface area contributed by atoms with Crippen molar-refractivity contribution in [2.24, 2.45) is 0 Å². The topological polar surface area (TPSA) is 57.3 Å². The Morgan fingerprint density at radius 2 is 1.59 bits per heavy atom. The van der Waals surface area contributed by atoms with Gasteiger partial charge >= 0.3 is 18.4 Å². The Bertz CT molecular complexity index is 1210. The van der Waals surface area contributed by atoms with E-state index in [4.69, 9.17) is 0 Å². The first-order valence-electron chi connectivity index (χ1n) is 10.2. The maximum atomic E-state index is 13.1. The van der Waals surface area contributed by atoms with Gasteiger partial charge in [0.25, 0.3) is 0 Å². The van der Waals surface area contributed by atoms with Gasteiger partial charge in [-0.3, -0.25) is 4.90 Å². The fourth-order valence-corrected chi connectivity index (χ4v) is 3.54. The number of rotatable bonds is 2. The van der Waals surface area contributed by atoms with Crippen LogP contribution in [0.4, 0.5) is 48.3 Å². The van der Waals surface area contributed by atoms with Crippen LogP contribution >= 0.6 is 0 Å². The SMILES string of the molecule is O=C(Nc1cccc(C(F)(F)F)c1)N1CCCNc2ccc(-c3cccc(C(F)(F)F)c3)nc21. The number of anilines is 3. The normalized spacial score (nSPS) is 14.1. The van der Waals surface area contributed by atoms with Gasteiger partial charge in [-0.2, -0.15) is 26.3 Å². The van der Waals surface area contributed by atoms with Gasteiger partial charge in [0.15, 0.2) is 5.82 Å². The molecule has 2 heterocycles. The minimum absolute atomic E-state index is 0.0485. The van der Waals surface area contributed by atoms with Crippen LogP contribution in [0.15, 0.2) is 60.7 Å². The van der Waals surface area contributed by atoms with Crippen molar-refractivity contribution in [1.82, 2.24) is 4.98 Å². The average Bonchev–Trinajstić information content (AvgIpc) is 3.00. The Labute approximate surface area is 190 Å². The van der Waals surface area contributed by atoms with Crippen LogP contribution in [0, 0.1) is 0 Å². The number of halogens is 6. The van der Waals surface area contributed by atoms with Gasteiger partial charge in [-0.15, -0.1) is 0 Å². The molecule has 3 aromatic rings. The third-order valence-electron chi connectivity index (χ3n) is 5.18. The van der Waals surface area contributed by atoms with Gasteiger partial charge in [-0.1, -0.05) is 18.2 Å². The number of carbonyl (C=O) groups excluding carboxylic acids is 1. The highest BCUT2D eigenvalue weighted by atomic mass is 19.4. The van der Waals surface area contributed by atoms with E-state index in [1.807, 2.05) is 0 Å². The maximum absolute atomic E-state index is 13.1. The number of fused-ring (bicyclic) bond motifs is 1. The van der Waals surface area contributed by atoms with Crippen LogP contribution in [0.25, 0.3) is 11.3 Å². The van der Waals surface area contributed by atoms with E-state index < -0.39 is 29.5 Å². The van der Waals surface area contributed by atoms with Crippen molar-refractivity contribution >= 4 is 23.2 Å². The number of carbonyl (C=O) groups is 1.